The lowest BCUT2D eigenvalue weighted by Gasteiger charge is -2.33. The number of benzene rings is 1. The molecule has 7 heteroatoms. The molecule has 108 valence electrons. The fourth-order valence-electron chi connectivity index (χ4n) is 2.04. The van der Waals surface area contributed by atoms with Crippen molar-refractivity contribution in [3.63, 3.8) is 0 Å². The van der Waals surface area contributed by atoms with Crippen LogP contribution in [0, 0.1) is 5.82 Å². The van der Waals surface area contributed by atoms with E-state index in [4.69, 9.17) is 14.6 Å². The standard InChI is InChI=1S/C13H14FNO5/c1-19-10-4-2-3-8(11(10)14)12(16)15-5-6-20-7-9(15)13(17)18/h2-4,9H,5-7H2,1H3,(H,17,18)/t9-/m1/s1. The summed E-state index contributed by atoms with van der Waals surface area (Å²) in [7, 11) is 1.29. The molecule has 1 atom stereocenters. The maximum Gasteiger partial charge on any atom is 0.328 e. The molecule has 1 aromatic rings. The van der Waals surface area contributed by atoms with Crippen molar-refractivity contribution in [3.8, 4) is 5.75 Å². The Morgan fingerprint density at radius 3 is 2.90 bits per heavy atom. The van der Waals surface area contributed by atoms with Crippen LogP contribution >= 0.6 is 0 Å². The molecular formula is C13H14FNO5. The maximum atomic E-state index is 14.1. The van der Waals surface area contributed by atoms with Gasteiger partial charge in [-0.05, 0) is 12.1 Å². The lowest BCUT2D eigenvalue weighted by Crippen LogP contribution is -2.52. The summed E-state index contributed by atoms with van der Waals surface area (Å²) >= 11 is 0. The van der Waals surface area contributed by atoms with Crippen LogP contribution in [-0.4, -0.2) is 54.8 Å². The Balaban J connectivity index is 2.32. The number of amides is 1. The molecule has 1 saturated heterocycles. The van der Waals surface area contributed by atoms with Gasteiger partial charge in [-0.1, -0.05) is 6.07 Å². The van der Waals surface area contributed by atoms with Crippen molar-refractivity contribution < 1.29 is 28.6 Å². The van der Waals surface area contributed by atoms with E-state index in [9.17, 15) is 14.0 Å². The molecule has 0 radical (unpaired) electrons. The highest BCUT2D eigenvalue weighted by Gasteiger charge is 2.34. The van der Waals surface area contributed by atoms with Gasteiger partial charge in [0.15, 0.2) is 17.6 Å². The number of carboxylic acid groups (broad SMARTS) is 1. The summed E-state index contributed by atoms with van der Waals surface area (Å²) in [5, 5.41) is 9.08. The molecule has 1 amide bonds. The minimum absolute atomic E-state index is 0.0593. The van der Waals surface area contributed by atoms with E-state index in [0.717, 1.165) is 4.90 Å². The molecule has 0 spiro atoms. The number of carboxylic acids is 1. The van der Waals surface area contributed by atoms with Crippen LogP contribution in [0.15, 0.2) is 18.2 Å². The zero-order valence-electron chi connectivity index (χ0n) is 10.8. The number of carbonyl (C=O) groups excluding carboxylic acids is 1. The molecule has 0 aromatic heterocycles. The zero-order valence-corrected chi connectivity index (χ0v) is 10.8. The van der Waals surface area contributed by atoms with Crippen molar-refractivity contribution in [2.45, 2.75) is 6.04 Å². The fourth-order valence-corrected chi connectivity index (χ4v) is 2.04. The van der Waals surface area contributed by atoms with E-state index in [0.29, 0.717) is 0 Å². The number of methoxy groups -OCH3 is 1. The van der Waals surface area contributed by atoms with Crippen LogP contribution < -0.4 is 4.74 Å². The largest absolute Gasteiger partial charge is 0.494 e. The third-order valence-corrected chi connectivity index (χ3v) is 3.09. The van der Waals surface area contributed by atoms with E-state index < -0.39 is 23.7 Å². The molecule has 0 aliphatic carbocycles. The summed E-state index contributed by atoms with van der Waals surface area (Å²) < 4.78 is 23.9. The summed E-state index contributed by atoms with van der Waals surface area (Å²) in [5.74, 6) is -2.72. The topological polar surface area (TPSA) is 76.1 Å². The monoisotopic (exact) mass is 283 g/mol. The Kier molecular flexibility index (Phi) is 4.19. The smallest absolute Gasteiger partial charge is 0.328 e. The Bertz CT molecular complexity index is 533. The van der Waals surface area contributed by atoms with Gasteiger partial charge in [0.05, 0.1) is 25.9 Å². The van der Waals surface area contributed by atoms with Gasteiger partial charge in [0.25, 0.3) is 5.91 Å². The molecule has 6 nitrogen and oxygen atoms in total. The number of hydrogen-bond donors (Lipinski definition) is 1. The minimum atomic E-state index is -1.18. The van der Waals surface area contributed by atoms with Gasteiger partial charge in [-0.25, -0.2) is 9.18 Å². The number of hydrogen-bond acceptors (Lipinski definition) is 4. The lowest BCUT2D eigenvalue weighted by molar-refractivity contribution is -0.147. The normalized spacial score (nSPS) is 18.7. The van der Waals surface area contributed by atoms with Gasteiger partial charge in [-0.3, -0.25) is 4.79 Å². The number of carbonyl (C=O) groups is 2. The average molecular weight is 283 g/mol. The second-order valence-electron chi connectivity index (χ2n) is 4.25. The van der Waals surface area contributed by atoms with Crippen molar-refractivity contribution in [1.82, 2.24) is 4.90 Å². The van der Waals surface area contributed by atoms with Crippen molar-refractivity contribution in [3.05, 3.63) is 29.6 Å². The Labute approximate surface area is 114 Å². The van der Waals surface area contributed by atoms with Gasteiger partial charge in [-0.2, -0.15) is 0 Å². The molecule has 1 aromatic carbocycles. The SMILES string of the molecule is COc1cccc(C(=O)N2CCOC[C@@H]2C(=O)O)c1F. The van der Waals surface area contributed by atoms with Crippen LogP contribution in [0.5, 0.6) is 5.75 Å². The maximum absolute atomic E-state index is 14.1. The van der Waals surface area contributed by atoms with E-state index in [2.05, 4.69) is 0 Å². The minimum Gasteiger partial charge on any atom is -0.494 e. The van der Waals surface area contributed by atoms with E-state index >= 15 is 0 Å². The van der Waals surface area contributed by atoms with Gasteiger partial charge in [-0.15, -0.1) is 0 Å². The third-order valence-electron chi connectivity index (χ3n) is 3.09. The highest BCUT2D eigenvalue weighted by atomic mass is 19.1. The van der Waals surface area contributed by atoms with Crippen LogP contribution in [-0.2, 0) is 9.53 Å². The first kappa shape index (κ1) is 14.3. The molecule has 1 aliphatic heterocycles. The first-order valence-electron chi connectivity index (χ1n) is 6.00. The Hall–Kier alpha value is -2.15. The molecule has 1 N–H and O–H groups in total. The summed E-state index contributed by atoms with van der Waals surface area (Å²) in [4.78, 5) is 24.5. The first-order chi connectivity index (χ1) is 9.56. The second-order valence-corrected chi connectivity index (χ2v) is 4.25. The van der Waals surface area contributed by atoms with Crippen molar-refractivity contribution in [1.29, 1.82) is 0 Å². The lowest BCUT2D eigenvalue weighted by atomic mass is 10.1. The predicted molar refractivity (Wildman–Crippen MR) is 66.2 cm³/mol. The number of rotatable bonds is 3. The van der Waals surface area contributed by atoms with Gasteiger partial charge in [0, 0.05) is 6.54 Å². The van der Waals surface area contributed by atoms with Crippen molar-refractivity contribution in [2.75, 3.05) is 26.9 Å². The highest BCUT2D eigenvalue weighted by molar-refractivity contribution is 5.97. The van der Waals surface area contributed by atoms with E-state index in [1.54, 1.807) is 0 Å². The second kappa shape index (κ2) is 5.87. The molecule has 1 fully saturated rings. The van der Waals surface area contributed by atoms with Crippen molar-refractivity contribution in [2.24, 2.45) is 0 Å². The summed E-state index contributed by atoms with van der Waals surface area (Å²) in [6, 6.07) is 3.06. The fraction of sp³-hybridized carbons (Fsp3) is 0.385. The molecule has 0 bridgehead atoms. The Morgan fingerprint density at radius 1 is 1.50 bits per heavy atom. The van der Waals surface area contributed by atoms with E-state index in [1.165, 1.54) is 25.3 Å². The van der Waals surface area contributed by atoms with Gasteiger partial charge < -0.3 is 19.5 Å². The number of morpholine rings is 1. The van der Waals surface area contributed by atoms with Crippen LogP contribution in [0.2, 0.25) is 0 Å². The summed E-state index contributed by atoms with van der Waals surface area (Å²) in [6.45, 7) is 0.222. The third kappa shape index (κ3) is 2.57. The molecule has 1 heterocycles. The van der Waals surface area contributed by atoms with Crippen LogP contribution in [0.3, 0.4) is 0 Å². The van der Waals surface area contributed by atoms with Crippen LogP contribution in [0.4, 0.5) is 4.39 Å². The van der Waals surface area contributed by atoms with E-state index in [1.807, 2.05) is 0 Å². The van der Waals surface area contributed by atoms with Crippen LogP contribution in [0.25, 0.3) is 0 Å². The number of nitrogens with zero attached hydrogens (tertiary/aromatic N) is 1. The molecule has 2 rings (SSSR count). The Morgan fingerprint density at radius 2 is 2.25 bits per heavy atom. The molecular weight excluding hydrogens is 269 g/mol. The first-order valence-corrected chi connectivity index (χ1v) is 6.00. The summed E-state index contributed by atoms with van der Waals surface area (Å²) in [6.07, 6.45) is 0. The number of ether oxygens (including phenoxy) is 2. The summed E-state index contributed by atoms with van der Waals surface area (Å²) in [5.41, 5.74) is -0.211. The highest BCUT2D eigenvalue weighted by Crippen LogP contribution is 2.22. The predicted octanol–water partition coefficient (Wildman–Crippen LogP) is 0.760. The molecule has 0 saturated carbocycles. The molecule has 1 aliphatic rings. The molecule has 20 heavy (non-hydrogen) atoms. The quantitative estimate of drug-likeness (QED) is 0.886. The zero-order chi connectivity index (χ0) is 14.7. The number of halogens is 1. The van der Waals surface area contributed by atoms with Crippen LogP contribution in [0.1, 0.15) is 10.4 Å². The van der Waals surface area contributed by atoms with Gasteiger partial charge in [0.2, 0.25) is 0 Å². The van der Waals surface area contributed by atoms with Gasteiger partial charge >= 0.3 is 5.97 Å². The average Bonchev–Trinajstić information content (AvgIpc) is 2.46. The van der Waals surface area contributed by atoms with E-state index in [-0.39, 0.29) is 31.1 Å². The van der Waals surface area contributed by atoms with Crippen molar-refractivity contribution >= 4 is 11.9 Å². The molecule has 0 unspecified atom stereocenters. The van der Waals surface area contributed by atoms with Gasteiger partial charge in [0.1, 0.15) is 0 Å². The number of aliphatic carboxylic acids is 1.